The van der Waals surface area contributed by atoms with Crippen molar-refractivity contribution in [3.05, 3.63) is 11.1 Å². The molecule has 1 aromatic heterocycles. The van der Waals surface area contributed by atoms with Gasteiger partial charge in [-0.2, -0.15) is 0 Å². The molecule has 1 saturated heterocycles. The van der Waals surface area contributed by atoms with Gasteiger partial charge in [0.1, 0.15) is 11.7 Å². The molecule has 1 atom stereocenters. The van der Waals surface area contributed by atoms with Crippen LogP contribution < -0.4 is 11.1 Å². The number of aromatic nitrogens is 1. The number of halogens is 2. The van der Waals surface area contributed by atoms with Crippen molar-refractivity contribution in [1.29, 1.82) is 0 Å². The van der Waals surface area contributed by atoms with Crippen LogP contribution in [-0.2, 0) is 28.9 Å². The number of nitrogen functional groups attached to an aromatic ring is 1. The highest BCUT2D eigenvalue weighted by atomic mass is 32.1. The fourth-order valence-electron chi connectivity index (χ4n) is 3.31. The molecule has 2 aliphatic rings. The molecule has 1 aliphatic heterocycles. The van der Waals surface area contributed by atoms with Gasteiger partial charge in [-0.05, 0) is 13.8 Å². The lowest BCUT2D eigenvalue weighted by Gasteiger charge is -2.51. The maximum absolute atomic E-state index is 13.3. The smallest absolute Gasteiger partial charge is 0.351 e. The monoisotopic (exact) mass is 491 g/mol. The Hall–Kier alpha value is -3.40. The first-order chi connectivity index (χ1) is 15.2. The number of carboxylic acids is 2. The number of β-lactam (4-membered cyclic amide) rings is 1. The Morgan fingerprint density at radius 2 is 2.00 bits per heavy atom. The van der Waals surface area contributed by atoms with Gasteiger partial charge in [0.15, 0.2) is 17.5 Å². The van der Waals surface area contributed by atoms with Gasteiger partial charge in [-0.15, -0.1) is 11.3 Å². The standard InChI is InChI=1S/C17H19F2N5O8S/c1-15(2)10(12(28)24(15)31-3-8(25)26)22-11(27)9(7-4-33-14(20)21-7)23-32-16(13(29)30)5-17(18,19)6-16/h4,10H,3,5-6H2,1-2H3,(H2,20,21)(H,22,27)(H,25,26)(H,29,30). The van der Waals surface area contributed by atoms with E-state index in [4.69, 9.17) is 20.5 Å². The highest BCUT2D eigenvalue weighted by molar-refractivity contribution is 7.13. The SMILES string of the molecule is CC1(C)C(NC(=O)C(=NOC2(C(=O)O)CC(F)(F)C2)c2csc(N)n2)C(=O)N1OCC(=O)O. The molecule has 33 heavy (non-hydrogen) atoms. The molecule has 180 valence electrons. The highest BCUT2D eigenvalue weighted by Crippen LogP contribution is 2.48. The van der Waals surface area contributed by atoms with Gasteiger partial charge < -0.3 is 26.1 Å². The number of thiazole rings is 1. The van der Waals surface area contributed by atoms with Crippen molar-refractivity contribution >= 4 is 45.9 Å². The molecule has 0 bridgehead atoms. The van der Waals surface area contributed by atoms with Crippen molar-refractivity contribution in [2.24, 2.45) is 5.16 Å². The number of oxime groups is 1. The van der Waals surface area contributed by atoms with Gasteiger partial charge in [0.25, 0.3) is 17.7 Å². The number of carbonyl (C=O) groups is 4. The summed E-state index contributed by atoms with van der Waals surface area (Å²) in [4.78, 5) is 61.0. The number of carboxylic acid groups (broad SMARTS) is 2. The second kappa shape index (κ2) is 8.18. The van der Waals surface area contributed by atoms with Crippen LogP contribution in [-0.4, -0.2) is 79.4 Å². The summed E-state index contributed by atoms with van der Waals surface area (Å²) in [6, 6.07) is -1.18. The summed E-state index contributed by atoms with van der Waals surface area (Å²) in [6.07, 6.45) is -2.28. The molecule has 0 aromatic carbocycles. The van der Waals surface area contributed by atoms with E-state index in [-0.39, 0.29) is 10.8 Å². The molecular weight excluding hydrogens is 472 g/mol. The van der Waals surface area contributed by atoms with E-state index in [1.807, 2.05) is 0 Å². The van der Waals surface area contributed by atoms with Crippen LogP contribution in [0.4, 0.5) is 13.9 Å². The average Bonchev–Trinajstić information content (AvgIpc) is 3.09. The van der Waals surface area contributed by atoms with Crippen molar-refractivity contribution < 1.29 is 47.8 Å². The Morgan fingerprint density at radius 3 is 2.45 bits per heavy atom. The van der Waals surface area contributed by atoms with E-state index in [0.29, 0.717) is 0 Å². The number of alkyl halides is 2. The van der Waals surface area contributed by atoms with Crippen LogP contribution >= 0.6 is 11.3 Å². The van der Waals surface area contributed by atoms with Gasteiger partial charge in [0.2, 0.25) is 5.60 Å². The normalized spacial score (nSPS) is 22.7. The molecule has 1 saturated carbocycles. The first kappa shape index (κ1) is 24.2. The average molecular weight is 491 g/mol. The third-order valence-corrected chi connectivity index (χ3v) is 5.71. The molecule has 1 aromatic rings. The summed E-state index contributed by atoms with van der Waals surface area (Å²) in [7, 11) is 0. The first-order valence-electron chi connectivity index (χ1n) is 9.27. The van der Waals surface area contributed by atoms with Gasteiger partial charge >= 0.3 is 11.9 Å². The number of carbonyl (C=O) groups excluding carboxylic acids is 2. The Labute approximate surface area is 188 Å². The minimum Gasteiger partial charge on any atom is -0.479 e. The lowest BCUT2D eigenvalue weighted by molar-refractivity contribution is -0.257. The fourth-order valence-corrected chi connectivity index (χ4v) is 3.86. The molecule has 2 fully saturated rings. The third-order valence-electron chi connectivity index (χ3n) is 5.04. The van der Waals surface area contributed by atoms with Crippen LogP contribution in [0.5, 0.6) is 0 Å². The molecule has 1 unspecified atom stereocenters. The predicted octanol–water partition coefficient (Wildman–Crippen LogP) is -0.180. The van der Waals surface area contributed by atoms with E-state index in [1.165, 1.54) is 19.2 Å². The Balaban J connectivity index is 1.80. The molecule has 16 heteroatoms. The van der Waals surface area contributed by atoms with E-state index >= 15 is 0 Å². The van der Waals surface area contributed by atoms with Crippen molar-refractivity contribution in [3.8, 4) is 0 Å². The summed E-state index contributed by atoms with van der Waals surface area (Å²) in [5.74, 6) is -8.04. The van der Waals surface area contributed by atoms with E-state index in [9.17, 15) is 33.1 Å². The third kappa shape index (κ3) is 4.56. The zero-order chi connectivity index (χ0) is 24.8. The zero-order valence-corrected chi connectivity index (χ0v) is 18.0. The first-order valence-corrected chi connectivity index (χ1v) is 10.1. The number of nitrogens with one attached hydrogen (secondary N) is 1. The topological polar surface area (TPSA) is 194 Å². The number of nitrogens with two attached hydrogens (primary N) is 1. The van der Waals surface area contributed by atoms with Gasteiger partial charge in [-0.25, -0.2) is 28.4 Å². The molecule has 2 amide bonds. The van der Waals surface area contributed by atoms with Gasteiger partial charge in [-0.3, -0.25) is 14.4 Å². The maximum atomic E-state index is 13.3. The summed E-state index contributed by atoms with van der Waals surface area (Å²) >= 11 is 0.921. The van der Waals surface area contributed by atoms with Crippen LogP contribution in [0.1, 0.15) is 32.4 Å². The maximum Gasteiger partial charge on any atom is 0.351 e. The number of anilines is 1. The summed E-state index contributed by atoms with van der Waals surface area (Å²) < 4.78 is 26.6. The van der Waals surface area contributed by atoms with Gasteiger partial charge in [0.05, 0.1) is 18.4 Å². The molecule has 3 rings (SSSR count). The molecule has 0 radical (unpaired) electrons. The van der Waals surface area contributed by atoms with E-state index < -0.39 is 72.0 Å². The highest BCUT2D eigenvalue weighted by Gasteiger charge is 2.65. The second-order valence-corrected chi connectivity index (χ2v) is 8.86. The number of hydroxylamine groups is 2. The molecule has 13 nitrogen and oxygen atoms in total. The van der Waals surface area contributed by atoms with Crippen molar-refractivity contribution in [1.82, 2.24) is 15.4 Å². The van der Waals surface area contributed by atoms with E-state index in [1.54, 1.807) is 0 Å². The fraction of sp³-hybridized carbons (Fsp3) is 0.529. The zero-order valence-electron chi connectivity index (χ0n) is 17.2. The lowest BCUT2D eigenvalue weighted by atomic mass is 9.76. The van der Waals surface area contributed by atoms with Gasteiger partial charge in [-0.1, -0.05) is 5.16 Å². The Bertz CT molecular complexity index is 1030. The lowest BCUT2D eigenvalue weighted by Crippen LogP contribution is -2.76. The number of hydrogen-bond acceptors (Lipinski definition) is 10. The summed E-state index contributed by atoms with van der Waals surface area (Å²) in [6.45, 7) is 2.20. The van der Waals surface area contributed by atoms with Crippen LogP contribution in [0.25, 0.3) is 0 Å². The van der Waals surface area contributed by atoms with Crippen molar-refractivity contribution in [2.45, 2.75) is 49.8 Å². The molecule has 1 aliphatic carbocycles. The summed E-state index contributed by atoms with van der Waals surface area (Å²) in [5.41, 5.74) is 1.35. The van der Waals surface area contributed by atoms with E-state index in [2.05, 4.69) is 15.5 Å². The number of aliphatic carboxylic acids is 2. The molecule has 5 N–H and O–H groups in total. The largest absolute Gasteiger partial charge is 0.479 e. The van der Waals surface area contributed by atoms with Gasteiger partial charge in [0, 0.05) is 5.38 Å². The minimum absolute atomic E-state index is 0.0296. The van der Waals surface area contributed by atoms with Crippen LogP contribution in [0.3, 0.4) is 0 Å². The second-order valence-electron chi connectivity index (χ2n) is 7.97. The van der Waals surface area contributed by atoms with Crippen LogP contribution in [0.2, 0.25) is 0 Å². The Morgan fingerprint density at radius 1 is 1.36 bits per heavy atom. The van der Waals surface area contributed by atoms with Crippen molar-refractivity contribution in [2.75, 3.05) is 12.3 Å². The molecular formula is C17H19F2N5O8S. The molecule has 0 spiro atoms. The quantitative estimate of drug-likeness (QED) is 0.204. The van der Waals surface area contributed by atoms with Crippen LogP contribution in [0, 0.1) is 0 Å². The Kier molecular flexibility index (Phi) is 6.01. The predicted molar refractivity (Wildman–Crippen MR) is 105 cm³/mol. The number of rotatable bonds is 9. The van der Waals surface area contributed by atoms with Crippen LogP contribution in [0.15, 0.2) is 10.5 Å². The number of amides is 2. The minimum atomic E-state index is -3.26. The molecule has 2 heterocycles. The number of hydrogen-bond donors (Lipinski definition) is 4. The summed E-state index contributed by atoms with van der Waals surface area (Å²) in [5, 5.41) is 26.0. The number of nitrogens with zero attached hydrogens (tertiary/aromatic N) is 3. The van der Waals surface area contributed by atoms with Crippen molar-refractivity contribution in [3.63, 3.8) is 0 Å². The van der Waals surface area contributed by atoms with E-state index in [0.717, 1.165) is 16.4 Å².